The Morgan fingerprint density at radius 2 is 2.14 bits per heavy atom. The van der Waals surface area contributed by atoms with Crippen LogP contribution >= 0.6 is 35.3 Å². The van der Waals surface area contributed by atoms with E-state index in [2.05, 4.69) is 61.7 Å². The van der Waals surface area contributed by atoms with Crippen LogP contribution in [0.4, 0.5) is 5.82 Å². The molecule has 0 aliphatic heterocycles. The van der Waals surface area contributed by atoms with Gasteiger partial charge in [-0.1, -0.05) is 6.92 Å². The smallest absolute Gasteiger partial charge is 0.191 e. The average Bonchev–Trinajstić information content (AvgIpc) is 3.34. The molecule has 0 aromatic carbocycles. The maximum absolute atomic E-state index is 4.70. The number of hydrogen-bond acceptors (Lipinski definition) is 6. The minimum atomic E-state index is 0. The maximum atomic E-state index is 4.70. The highest BCUT2D eigenvalue weighted by molar-refractivity contribution is 14.0. The highest BCUT2D eigenvalue weighted by atomic mass is 127. The summed E-state index contributed by atoms with van der Waals surface area (Å²) in [7, 11) is 1.87. The van der Waals surface area contributed by atoms with Gasteiger partial charge in [0.1, 0.15) is 12.1 Å². The van der Waals surface area contributed by atoms with Crippen LogP contribution in [0.1, 0.15) is 25.3 Å². The van der Waals surface area contributed by atoms with Crippen molar-refractivity contribution < 1.29 is 0 Å². The summed E-state index contributed by atoms with van der Waals surface area (Å²) in [6, 6.07) is 2.16. The SMILES string of the molecule is CCNC(=NCC(C)c1ccsc1)NCCNc1ncnc2c1cnn2C.I. The third kappa shape index (κ3) is 5.77. The number of nitrogens with zero attached hydrogens (tertiary/aromatic N) is 5. The molecule has 0 saturated carbocycles. The van der Waals surface area contributed by atoms with Gasteiger partial charge in [-0.05, 0) is 29.3 Å². The summed E-state index contributed by atoms with van der Waals surface area (Å²) in [5, 5.41) is 19.4. The van der Waals surface area contributed by atoms with E-state index in [1.165, 1.54) is 5.56 Å². The second-order valence-electron chi connectivity index (χ2n) is 6.26. The van der Waals surface area contributed by atoms with Gasteiger partial charge in [-0.2, -0.15) is 16.4 Å². The number of fused-ring (bicyclic) bond motifs is 1. The molecular formula is C18H27IN8S. The lowest BCUT2D eigenvalue weighted by Gasteiger charge is -2.13. The standard InChI is InChI=1S/C18H26N8S.HI/c1-4-19-18(22-9-13(2)14-5-8-27-11-14)21-7-6-20-16-15-10-25-26(3)17(15)24-12-23-16;/h5,8,10-13H,4,6-7,9H2,1-3H3,(H2,19,21,22)(H,20,23,24);1H. The van der Waals surface area contributed by atoms with Crippen LogP contribution in [0.3, 0.4) is 0 Å². The van der Waals surface area contributed by atoms with Crippen molar-refractivity contribution in [2.45, 2.75) is 19.8 Å². The van der Waals surface area contributed by atoms with Crippen molar-refractivity contribution in [1.29, 1.82) is 0 Å². The summed E-state index contributed by atoms with van der Waals surface area (Å²) >= 11 is 1.73. The molecule has 1 unspecified atom stereocenters. The van der Waals surface area contributed by atoms with Crippen LogP contribution in [0, 0.1) is 0 Å². The predicted molar refractivity (Wildman–Crippen MR) is 127 cm³/mol. The summed E-state index contributed by atoms with van der Waals surface area (Å²) in [4.78, 5) is 13.3. The number of guanidine groups is 1. The molecule has 0 bridgehead atoms. The lowest BCUT2D eigenvalue weighted by molar-refractivity contribution is 0.752. The number of hydrogen-bond donors (Lipinski definition) is 3. The fourth-order valence-corrected chi connectivity index (χ4v) is 3.48. The van der Waals surface area contributed by atoms with Gasteiger partial charge in [0.25, 0.3) is 0 Å². The first-order valence-electron chi connectivity index (χ1n) is 9.10. The Morgan fingerprint density at radius 3 is 2.89 bits per heavy atom. The molecule has 0 fully saturated rings. The van der Waals surface area contributed by atoms with Gasteiger partial charge < -0.3 is 16.0 Å². The third-order valence-electron chi connectivity index (χ3n) is 4.22. The van der Waals surface area contributed by atoms with E-state index in [4.69, 9.17) is 4.99 Å². The van der Waals surface area contributed by atoms with Gasteiger partial charge in [-0.25, -0.2) is 9.97 Å². The Bertz CT molecular complexity index is 877. The lowest BCUT2D eigenvalue weighted by Crippen LogP contribution is -2.39. The molecule has 152 valence electrons. The predicted octanol–water partition coefficient (Wildman–Crippen LogP) is 2.81. The molecule has 10 heteroatoms. The quantitative estimate of drug-likeness (QED) is 0.185. The van der Waals surface area contributed by atoms with Crippen LogP contribution < -0.4 is 16.0 Å². The van der Waals surface area contributed by atoms with Crippen molar-refractivity contribution in [3.05, 3.63) is 34.9 Å². The molecule has 3 aromatic rings. The van der Waals surface area contributed by atoms with Crippen molar-refractivity contribution >= 4 is 58.1 Å². The van der Waals surface area contributed by atoms with Crippen LogP contribution in [0.5, 0.6) is 0 Å². The van der Waals surface area contributed by atoms with Gasteiger partial charge in [0.15, 0.2) is 11.6 Å². The lowest BCUT2D eigenvalue weighted by atomic mass is 10.1. The number of aromatic nitrogens is 4. The Labute approximate surface area is 186 Å². The summed E-state index contributed by atoms with van der Waals surface area (Å²) in [5.74, 6) is 2.03. The second kappa shape index (κ2) is 11.1. The molecule has 3 rings (SSSR count). The highest BCUT2D eigenvalue weighted by Crippen LogP contribution is 2.18. The molecule has 3 heterocycles. The molecule has 8 nitrogen and oxygen atoms in total. The first kappa shape index (κ1) is 22.3. The fourth-order valence-electron chi connectivity index (χ4n) is 2.70. The number of aliphatic imine (C=N–C) groups is 1. The molecule has 0 saturated heterocycles. The molecule has 0 aliphatic carbocycles. The molecule has 0 radical (unpaired) electrons. The van der Waals surface area contributed by atoms with Crippen molar-refractivity contribution in [3.63, 3.8) is 0 Å². The second-order valence-corrected chi connectivity index (χ2v) is 7.04. The van der Waals surface area contributed by atoms with Crippen LogP contribution in [0.25, 0.3) is 11.0 Å². The summed E-state index contributed by atoms with van der Waals surface area (Å²) < 4.78 is 1.74. The number of nitrogens with one attached hydrogen (secondary N) is 3. The van der Waals surface area contributed by atoms with Crippen molar-refractivity contribution in [3.8, 4) is 0 Å². The molecule has 28 heavy (non-hydrogen) atoms. The van der Waals surface area contributed by atoms with Crippen molar-refractivity contribution in [2.75, 3.05) is 31.5 Å². The molecule has 0 aliphatic rings. The maximum Gasteiger partial charge on any atom is 0.191 e. The Morgan fingerprint density at radius 1 is 1.29 bits per heavy atom. The van der Waals surface area contributed by atoms with Crippen LogP contribution in [-0.4, -0.2) is 51.9 Å². The van der Waals surface area contributed by atoms with Gasteiger partial charge in [-0.3, -0.25) is 9.67 Å². The molecular weight excluding hydrogens is 487 g/mol. The largest absolute Gasteiger partial charge is 0.368 e. The monoisotopic (exact) mass is 514 g/mol. The van der Waals surface area contributed by atoms with E-state index in [0.29, 0.717) is 12.5 Å². The van der Waals surface area contributed by atoms with Crippen LogP contribution in [0.15, 0.2) is 34.3 Å². The Hall–Kier alpha value is -1.95. The van der Waals surface area contributed by atoms with Crippen LogP contribution in [-0.2, 0) is 7.05 Å². The zero-order chi connectivity index (χ0) is 19.1. The van der Waals surface area contributed by atoms with E-state index in [1.54, 1.807) is 28.5 Å². The van der Waals surface area contributed by atoms with Gasteiger partial charge in [0.2, 0.25) is 0 Å². The summed E-state index contributed by atoms with van der Waals surface area (Å²) in [6.07, 6.45) is 3.33. The third-order valence-corrected chi connectivity index (χ3v) is 4.92. The fraction of sp³-hybridized carbons (Fsp3) is 0.444. The number of rotatable bonds is 8. The van der Waals surface area contributed by atoms with Gasteiger partial charge in [-0.15, -0.1) is 24.0 Å². The average molecular weight is 514 g/mol. The molecule has 1 atom stereocenters. The normalized spacial score (nSPS) is 12.5. The summed E-state index contributed by atoms with van der Waals surface area (Å²) in [5.41, 5.74) is 2.16. The number of anilines is 1. The Kier molecular flexibility index (Phi) is 8.90. The van der Waals surface area contributed by atoms with Crippen molar-refractivity contribution in [2.24, 2.45) is 12.0 Å². The van der Waals surface area contributed by atoms with Gasteiger partial charge in [0.05, 0.1) is 11.6 Å². The number of thiophene rings is 1. The molecule has 0 amide bonds. The van der Waals surface area contributed by atoms with Crippen LogP contribution in [0.2, 0.25) is 0 Å². The highest BCUT2D eigenvalue weighted by Gasteiger charge is 2.08. The zero-order valence-electron chi connectivity index (χ0n) is 16.3. The molecule has 3 N–H and O–H groups in total. The van der Waals surface area contributed by atoms with Gasteiger partial charge in [0, 0.05) is 39.1 Å². The summed E-state index contributed by atoms with van der Waals surface area (Å²) in [6.45, 7) is 7.29. The van der Waals surface area contributed by atoms with E-state index in [0.717, 1.165) is 42.4 Å². The minimum Gasteiger partial charge on any atom is -0.368 e. The van der Waals surface area contributed by atoms with E-state index in [9.17, 15) is 0 Å². The molecule has 0 spiro atoms. The van der Waals surface area contributed by atoms with E-state index >= 15 is 0 Å². The Balaban J connectivity index is 0.00000280. The van der Waals surface area contributed by atoms with Crippen molar-refractivity contribution in [1.82, 2.24) is 30.4 Å². The van der Waals surface area contributed by atoms with E-state index < -0.39 is 0 Å². The van der Waals surface area contributed by atoms with E-state index in [1.807, 2.05) is 7.05 Å². The minimum absolute atomic E-state index is 0. The first-order valence-corrected chi connectivity index (χ1v) is 10.0. The zero-order valence-corrected chi connectivity index (χ0v) is 19.5. The number of aryl methyl sites for hydroxylation is 1. The van der Waals surface area contributed by atoms with E-state index in [-0.39, 0.29) is 24.0 Å². The topological polar surface area (TPSA) is 92.1 Å². The molecule has 3 aromatic heterocycles. The number of halogens is 1. The first-order chi connectivity index (χ1) is 13.2. The van der Waals surface area contributed by atoms with Gasteiger partial charge >= 0.3 is 0 Å².